The van der Waals surface area contributed by atoms with Gasteiger partial charge in [0.05, 0.1) is 22.4 Å². The number of carbonyl (C=O) groups is 1. The summed E-state index contributed by atoms with van der Waals surface area (Å²) in [6.45, 7) is 9.67. The van der Waals surface area contributed by atoms with E-state index in [9.17, 15) is 15.3 Å². The molecule has 2 heterocycles. The van der Waals surface area contributed by atoms with E-state index in [0.717, 1.165) is 11.8 Å². The fraction of sp³-hybridized carbons (Fsp3) is 0.318. The van der Waals surface area contributed by atoms with Crippen molar-refractivity contribution in [2.24, 2.45) is 5.73 Å². The first-order chi connectivity index (χ1) is 15.3. The van der Waals surface area contributed by atoms with Crippen LogP contribution in [0.5, 0.6) is 0 Å². The van der Waals surface area contributed by atoms with E-state index < -0.39 is 17.8 Å². The topological polar surface area (TPSA) is 163 Å². The first-order valence-electron chi connectivity index (χ1n) is 9.81. The number of hydrogen-bond donors (Lipinski definition) is 4. The number of hydrogen-bond acceptors (Lipinski definition) is 8. The summed E-state index contributed by atoms with van der Waals surface area (Å²) in [5, 5.41) is 38.9. The standard InChI is InChI=1S/C22H25N7O2S/c1-4-6-7-13(3)19(20(25)26)32-22-17(9-24)15(5-2)16(8-23)21(28-22)29-10-14(11-29)27-18(31)12-30/h4,6-7,14,19,30H,1,3,5,10-12H2,2H3,(H3,25,26)(H,27,31)/b7-6-. The summed E-state index contributed by atoms with van der Waals surface area (Å²) in [7, 11) is 0. The molecule has 1 aliphatic rings. The van der Waals surface area contributed by atoms with Crippen molar-refractivity contribution in [3.63, 3.8) is 0 Å². The zero-order valence-electron chi connectivity index (χ0n) is 17.8. The Hall–Kier alpha value is -3.60. The number of allylic oxidation sites excluding steroid dienone is 3. The molecular formula is C22H25N7O2S. The summed E-state index contributed by atoms with van der Waals surface area (Å²) in [5.41, 5.74) is 7.50. The number of thioether (sulfide) groups is 1. The van der Waals surface area contributed by atoms with Crippen molar-refractivity contribution in [3.8, 4) is 12.1 Å². The molecule has 0 aliphatic carbocycles. The predicted molar refractivity (Wildman–Crippen MR) is 124 cm³/mol. The minimum atomic E-state index is -0.649. The summed E-state index contributed by atoms with van der Waals surface area (Å²) in [6.07, 6.45) is 5.39. The molecule has 5 N–H and O–H groups in total. The van der Waals surface area contributed by atoms with Crippen LogP contribution in [0, 0.1) is 28.1 Å². The maximum atomic E-state index is 11.4. The molecule has 0 aromatic carbocycles. The molecule has 32 heavy (non-hydrogen) atoms. The largest absolute Gasteiger partial charge is 0.387 e. The van der Waals surface area contributed by atoms with Gasteiger partial charge >= 0.3 is 0 Å². The fourth-order valence-electron chi connectivity index (χ4n) is 3.24. The van der Waals surface area contributed by atoms with Crippen molar-refractivity contribution >= 4 is 29.3 Å². The third-order valence-electron chi connectivity index (χ3n) is 4.81. The van der Waals surface area contributed by atoms with Gasteiger partial charge in [0.2, 0.25) is 5.91 Å². The average Bonchev–Trinajstić information content (AvgIpc) is 2.76. The molecule has 1 aromatic heterocycles. The van der Waals surface area contributed by atoms with Gasteiger partial charge in [0, 0.05) is 13.1 Å². The van der Waals surface area contributed by atoms with E-state index in [1.807, 2.05) is 11.8 Å². The molecule has 1 unspecified atom stereocenters. The molecule has 0 spiro atoms. The molecule has 9 nitrogen and oxygen atoms in total. The van der Waals surface area contributed by atoms with Crippen LogP contribution in [0.1, 0.15) is 23.6 Å². The van der Waals surface area contributed by atoms with Gasteiger partial charge in [-0.3, -0.25) is 10.2 Å². The number of amidine groups is 1. The van der Waals surface area contributed by atoms with Gasteiger partial charge in [-0.2, -0.15) is 10.5 Å². The number of aliphatic hydroxyl groups is 1. The van der Waals surface area contributed by atoms with Gasteiger partial charge in [0.15, 0.2) is 0 Å². The third-order valence-corrected chi connectivity index (χ3v) is 6.12. The molecule has 1 aromatic rings. The zero-order valence-corrected chi connectivity index (χ0v) is 18.6. The van der Waals surface area contributed by atoms with Gasteiger partial charge in [-0.25, -0.2) is 4.98 Å². The summed E-state index contributed by atoms with van der Waals surface area (Å²) in [6, 6.07) is 4.14. The molecular weight excluding hydrogens is 426 g/mol. The Bertz CT molecular complexity index is 1050. The normalized spacial score (nSPS) is 14.2. The minimum absolute atomic E-state index is 0.140. The number of pyridine rings is 1. The number of amides is 1. The van der Waals surface area contributed by atoms with Crippen LogP contribution >= 0.6 is 11.8 Å². The van der Waals surface area contributed by atoms with Crippen LogP contribution < -0.4 is 16.0 Å². The number of carbonyl (C=O) groups excluding carboxylic acids is 1. The average molecular weight is 452 g/mol. The fourth-order valence-corrected chi connectivity index (χ4v) is 4.25. The Kier molecular flexibility index (Phi) is 8.59. The van der Waals surface area contributed by atoms with Gasteiger partial charge in [0.25, 0.3) is 0 Å². The lowest BCUT2D eigenvalue weighted by atomic mass is 10.00. The van der Waals surface area contributed by atoms with Crippen LogP contribution in [-0.4, -0.2) is 52.8 Å². The van der Waals surface area contributed by atoms with Crippen molar-refractivity contribution < 1.29 is 9.90 Å². The van der Waals surface area contributed by atoms with E-state index >= 15 is 0 Å². The first kappa shape index (κ1) is 24.7. The number of anilines is 1. The lowest BCUT2D eigenvalue weighted by Gasteiger charge is -2.41. The van der Waals surface area contributed by atoms with E-state index in [-0.39, 0.29) is 17.4 Å². The lowest BCUT2D eigenvalue weighted by Crippen LogP contribution is -2.60. The van der Waals surface area contributed by atoms with E-state index in [4.69, 9.17) is 16.2 Å². The maximum absolute atomic E-state index is 11.4. The van der Waals surface area contributed by atoms with Crippen molar-refractivity contribution in [1.82, 2.24) is 10.3 Å². The Morgan fingerprint density at radius 2 is 2.12 bits per heavy atom. The molecule has 1 amide bonds. The number of nitrogens with two attached hydrogens (primary N) is 1. The predicted octanol–water partition coefficient (Wildman–Crippen LogP) is 1.38. The number of aliphatic hydroxyl groups excluding tert-OH is 1. The van der Waals surface area contributed by atoms with Crippen molar-refractivity contribution in [2.45, 2.75) is 29.7 Å². The summed E-state index contributed by atoms with van der Waals surface area (Å²) < 4.78 is 0. The molecule has 0 radical (unpaired) electrons. The summed E-state index contributed by atoms with van der Waals surface area (Å²) in [4.78, 5) is 17.8. The first-order valence-corrected chi connectivity index (χ1v) is 10.7. The van der Waals surface area contributed by atoms with E-state index in [1.165, 1.54) is 0 Å². The molecule has 166 valence electrons. The number of rotatable bonds is 10. The zero-order chi connectivity index (χ0) is 23.8. The minimum Gasteiger partial charge on any atom is -0.387 e. The second kappa shape index (κ2) is 11.1. The molecule has 1 saturated heterocycles. The third kappa shape index (κ3) is 5.35. The maximum Gasteiger partial charge on any atom is 0.246 e. The van der Waals surface area contributed by atoms with Gasteiger partial charge in [-0.15, -0.1) is 0 Å². The highest BCUT2D eigenvalue weighted by Gasteiger charge is 2.33. The van der Waals surface area contributed by atoms with Crippen LogP contribution in [0.3, 0.4) is 0 Å². The molecule has 1 aliphatic heterocycles. The number of aromatic nitrogens is 1. The molecule has 1 fully saturated rings. The monoisotopic (exact) mass is 451 g/mol. The Morgan fingerprint density at radius 3 is 2.62 bits per heavy atom. The van der Waals surface area contributed by atoms with E-state index in [2.05, 4.69) is 35.6 Å². The van der Waals surface area contributed by atoms with Crippen LogP contribution in [0.4, 0.5) is 5.82 Å². The number of nitrogens with one attached hydrogen (secondary N) is 2. The summed E-state index contributed by atoms with van der Waals surface area (Å²) in [5.74, 6) is -0.196. The molecule has 0 bridgehead atoms. The highest BCUT2D eigenvalue weighted by molar-refractivity contribution is 8.00. The van der Waals surface area contributed by atoms with Gasteiger partial charge in [-0.1, -0.05) is 50.1 Å². The second-order valence-corrected chi connectivity index (χ2v) is 8.09. The molecule has 1 atom stereocenters. The van der Waals surface area contributed by atoms with Gasteiger partial charge in [-0.05, 0) is 17.6 Å². The van der Waals surface area contributed by atoms with Crippen molar-refractivity contribution in [2.75, 3.05) is 24.6 Å². The highest BCUT2D eigenvalue weighted by Crippen LogP contribution is 2.36. The van der Waals surface area contributed by atoms with Crippen LogP contribution in [0.15, 0.2) is 42.0 Å². The Balaban J connectivity index is 2.47. The van der Waals surface area contributed by atoms with Crippen molar-refractivity contribution in [3.05, 3.63) is 53.6 Å². The van der Waals surface area contributed by atoms with Crippen molar-refractivity contribution in [1.29, 1.82) is 15.9 Å². The van der Waals surface area contributed by atoms with Gasteiger partial charge in [0.1, 0.15) is 35.4 Å². The van der Waals surface area contributed by atoms with Crippen LogP contribution in [0.25, 0.3) is 0 Å². The quantitative estimate of drug-likeness (QED) is 0.179. The molecule has 10 heteroatoms. The number of nitrogens with zero attached hydrogens (tertiary/aromatic N) is 4. The Morgan fingerprint density at radius 1 is 1.47 bits per heavy atom. The lowest BCUT2D eigenvalue weighted by molar-refractivity contribution is -0.124. The second-order valence-electron chi connectivity index (χ2n) is 7.00. The van der Waals surface area contributed by atoms with Crippen LogP contribution in [-0.2, 0) is 11.2 Å². The summed E-state index contributed by atoms with van der Waals surface area (Å²) >= 11 is 1.13. The van der Waals surface area contributed by atoms with Crippen LogP contribution in [0.2, 0.25) is 0 Å². The molecule has 2 rings (SSSR count). The van der Waals surface area contributed by atoms with E-state index in [1.54, 1.807) is 18.2 Å². The van der Waals surface area contributed by atoms with E-state index in [0.29, 0.717) is 47.1 Å². The number of nitriles is 2. The van der Waals surface area contributed by atoms with Gasteiger partial charge < -0.3 is 21.1 Å². The SMILES string of the molecule is C=C/C=C\C(=C)C(Sc1nc(N2CC(NC(=O)CO)C2)c(C#N)c(CC)c1C#N)C(=N)N. The molecule has 0 saturated carbocycles. The smallest absolute Gasteiger partial charge is 0.246 e. The highest BCUT2D eigenvalue weighted by atomic mass is 32.2. The Labute approximate surface area is 191 Å².